The van der Waals surface area contributed by atoms with Gasteiger partial charge in [0, 0.05) is 18.4 Å². The molecule has 1 fully saturated rings. The normalized spacial score (nSPS) is 28.6. The number of hydrogen-bond donors (Lipinski definition) is 1. The van der Waals surface area contributed by atoms with E-state index in [4.69, 9.17) is 0 Å². The molecule has 0 saturated heterocycles. The van der Waals surface area contributed by atoms with Gasteiger partial charge < -0.3 is 4.98 Å². The highest BCUT2D eigenvalue weighted by Crippen LogP contribution is 2.30. The molecule has 78 valence electrons. The van der Waals surface area contributed by atoms with Crippen LogP contribution < -0.4 is 5.69 Å². The van der Waals surface area contributed by atoms with Crippen molar-refractivity contribution in [3.05, 3.63) is 22.9 Å². The van der Waals surface area contributed by atoms with Gasteiger partial charge in [-0.2, -0.15) is 0 Å². The van der Waals surface area contributed by atoms with Crippen LogP contribution in [0.3, 0.4) is 0 Å². The van der Waals surface area contributed by atoms with E-state index in [0.29, 0.717) is 12.0 Å². The lowest BCUT2D eigenvalue weighted by atomic mass is 9.97. The zero-order chi connectivity index (χ0) is 9.97. The third-order valence-electron chi connectivity index (χ3n) is 3.35. The third-order valence-corrected chi connectivity index (χ3v) is 3.35. The SMILES string of the molecule is CC1CCCCCC1n1cc[nH]c1=O. The van der Waals surface area contributed by atoms with Gasteiger partial charge in [-0.25, -0.2) is 4.79 Å². The average Bonchev–Trinajstić information content (AvgIpc) is 2.46. The Labute approximate surface area is 84.1 Å². The lowest BCUT2D eigenvalue weighted by Gasteiger charge is -2.21. The smallest absolute Gasteiger partial charge is 0.313 e. The molecule has 2 rings (SSSR count). The molecular weight excluding hydrogens is 176 g/mol. The predicted molar refractivity (Wildman–Crippen MR) is 56.3 cm³/mol. The van der Waals surface area contributed by atoms with Crippen LogP contribution in [0.5, 0.6) is 0 Å². The van der Waals surface area contributed by atoms with Crippen molar-refractivity contribution in [2.45, 2.75) is 45.1 Å². The Morgan fingerprint density at radius 2 is 2.14 bits per heavy atom. The molecule has 0 spiro atoms. The fraction of sp³-hybridized carbons (Fsp3) is 0.727. The Morgan fingerprint density at radius 3 is 2.86 bits per heavy atom. The summed E-state index contributed by atoms with van der Waals surface area (Å²) in [5, 5.41) is 0. The lowest BCUT2D eigenvalue weighted by Crippen LogP contribution is -2.25. The second-order valence-electron chi connectivity index (χ2n) is 4.36. The zero-order valence-electron chi connectivity index (χ0n) is 8.70. The molecule has 0 aliphatic heterocycles. The molecule has 1 aromatic rings. The first kappa shape index (κ1) is 9.56. The number of aromatic amines is 1. The van der Waals surface area contributed by atoms with E-state index in [9.17, 15) is 4.79 Å². The van der Waals surface area contributed by atoms with E-state index >= 15 is 0 Å². The van der Waals surface area contributed by atoms with Crippen molar-refractivity contribution in [3.8, 4) is 0 Å². The van der Waals surface area contributed by atoms with E-state index in [-0.39, 0.29) is 5.69 Å². The van der Waals surface area contributed by atoms with Crippen LogP contribution in [0.2, 0.25) is 0 Å². The molecule has 1 aliphatic carbocycles. The Bertz CT molecular complexity index is 339. The molecule has 1 N–H and O–H groups in total. The van der Waals surface area contributed by atoms with Crippen molar-refractivity contribution in [2.75, 3.05) is 0 Å². The standard InChI is InChI=1S/C11H18N2O/c1-9-5-3-2-4-6-10(9)13-8-7-12-11(13)14/h7-10H,2-6H2,1H3,(H,12,14). The van der Waals surface area contributed by atoms with Crippen molar-refractivity contribution in [1.29, 1.82) is 0 Å². The molecule has 1 heterocycles. The quantitative estimate of drug-likeness (QED) is 0.684. The topological polar surface area (TPSA) is 37.8 Å². The third kappa shape index (κ3) is 1.76. The lowest BCUT2D eigenvalue weighted by molar-refractivity contribution is 0.327. The van der Waals surface area contributed by atoms with E-state index in [1.54, 1.807) is 6.20 Å². The summed E-state index contributed by atoms with van der Waals surface area (Å²) in [5.74, 6) is 0.631. The molecular formula is C11H18N2O. The van der Waals surface area contributed by atoms with E-state index in [2.05, 4.69) is 11.9 Å². The fourth-order valence-corrected chi connectivity index (χ4v) is 2.48. The Kier molecular flexibility index (Phi) is 2.75. The summed E-state index contributed by atoms with van der Waals surface area (Å²) in [4.78, 5) is 14.2. The molecule has 2 unspecified atom stereocenters. The van der Waals surface area contributed by atoms with E-state index < -0.39 is 0 Å². The Balaban J connectivity index is 2.23. The van der Waals surface area contributed by atoms with Crippen molar-refractivity contribution < 1.29 is 0 Å². The molecule has 14 heavy (non-hydrogen) atoms. The van der Waals surface area contributed by atoms with Gasteiger partial charge in [-0.15, -0.1) is 0 Å². The van der Waals surface area contributed by atoms with Gasteiger partial charge >= 0.3 is 5.69 Å². The molecule has 3 nitrogen and oxygen atoms in total. The highest BCUT2D eigenvalue weighted by atomic mass is 16.1. The molecule has 2 atom stereocenters. The maximum absolute atomic E-state index is 11.5. The minimum Gasteiger partial charge on any atom is -0.313 e. The van der Waals surface area contributed by atoms with Crippen LogP contribution in [0.25, 0.3) is 0 Å². The van der Waals surface area contributed by atoms with Crippen LogP contribution in [0.1, 0.15) is 45.1 Å². The van der Waals surface area contributed by atoms with Gasteiger partial charge in [0.1, 0.15) is 0 Å². The minimum atomic E-state index is 0.0451. The van der Waals surface area contributed by atoms with Gasteiger partial charge in [-0.3, -0.25) is 4.57 Å². The second kappa shape index (κ2) is 4.03. The van der Waals surface area contributed by atoms with Crippen LogP contribution >= 0.6 is 0 Å². The van der Waals surface area contributed by atoms with Crippen molar-refractivity contribution in [2.24, 2.45) is 5.92 Å². The number of hydrogen-bond acceptors (Lipinski definition) is 1. The molecule has 1 saturated carbocycles. The van der Waals surface area contributed by atoms with Crippen LogP contribution in [-0.2, 0) is 0 Å². The number of nitrogens with one attached hydrogen (secondary N) is 1. The van der Waals surface area contributed by atoms with Gasteiger partial charge in [-0.1, -0.05) is 26.2 Å². The summed E-state index contributed by atoms with van der Waals surface area (Å²) in [5.41, 5.74) is 0.0451. The minimum absolute atomic E-state index is 0.0451. The van der Waals surface area contributed by atoms with Gasteiger partial charge in [0.25, 0.3) is 0 Å². The van der Waals surface area contributed by atoms with E-state index in [1.807, 2.05) is 10.8 Å². The van der Waals surface area contributed by atoms with Crippen molar-refractivity contribution >= 4 is 0 Å². The number of imidazole rings is 1. The number of H-pyrrole nitrogens is 1. The fourth-order valence-electron chi connectivity index (χ4n) is 2.48. The maximum Gasteiger partial charge on any atom is 0.325 e. The van der Waals surface area contributed by atoms with Gasteiger partial charge in [0.15, 0.2) is 0 Å². The second-order valence-corrected chi connectivity index (χ2v) is 4.36. The molecule has 1 aromatic heterocycles. The summed E-state index contributed by atoms with van der Waals surface area (Å²) in [6.45, 7) is 2.26. The summed E-state index contributed by atoms with van der Waals surface area (Å²) in [6, 6.07) is 0.413. The highest BCUT2D eigenvalue weighted by Gasteiger charge is 2.22. The van der Waals surface area contributed by atoms with Gasteiger partial charge in [-0.05, 0) is 18.8 Å². The summed E-state index contributed by atoms with van der Waals surface area (Å²) >= 11 is 0. The molecule has 0 radical (unpaired) electrons. The Hall–Kier alpha value is -0.990. The molecule has 0 amide bonds. The monoisotopic (exact) mass is 194 g/mol. The molecule has 0 aromatic carbocycles. The highest BCUT2D eigenvalue weighted by molar-refractivity contribution is 4.85. The molecule has 0 bridgehead atoms. The van der Waals surface area contributed by atoms with Crippen molar-refractivity contribution in [3.63, 3.8) is 0 Å². The first-order valence-electron chi connectivity index (χ1n) is 5.54. The number of rotatable bonds is 1. The van der Waals surface area contributed by atoms with Crippen LogP contribution in [0, 0.1) is 5.92 Å². The maximum atomic E-state index is 11.5. The summed E-state index contributed by atoms with van der Waals surface area (Å²) < 4.78 is 1.87. The van der Waals surface area contributed by atoms with Crippen LogP contribution in [0.15, 0.2) is 17.2 Å². The zero-order valence-corrected chi connectivity index (χ0v) is 8.70. The predicted octanol–water partition coefficient (Wildman–Crippen LogP) is 2.32. The number of aromatic nitrogens is 2. The van der Waals surface area contributed by atoms with E-state index in [0.717, 1.165) is 6.42 Å². The van der Waals surface area contributed by atoms with E-state index in [1.165, 1.54) is 25.7 Å². The van der Waals surface area contributed by atoms with Crippen molar-refractivity contribution in [1.82, 2.24) is 9.55 Å². The largest absolute Gasteiger partial charge is 0.325 e. The van der Waals surface area contributed by atoms with Crippen LogP contribution in [0.4, 0.5) is 0 Å². The number of nitrogens with zero attached hydrogens (tertiary/aromatic N) is 1. The van der Waals surface area contributed by atoms with Gasteiger partial charge in [0.2, 0.25) is 0 Å². The molecule has 1 aliphatic rings. The first-order chi connectivity index (χ1) is 6.79. The van der Waals surface area contributed by atoms with Crippen LogP contribution in [-0.4, -0.2) is 9.55 Å². The average molecular weight is 194 g/mol. The Morgan fingerprint density at radius 1 is 1.36 bits per heavy atom. The first-order valence-corrected chi connectivity index (χ1v) is 5.54. The molecule has 3 heteroatoms. The summed E-state index contributed by atoms with van der Waals surface area (Å²) in [6.07, 6.45) is 9.92. The van der Waals surface area contributed by atoms with Gasteiger partial charge in [0.05, 0.1) is 0 Å². The summed E-state index contributed by atoms with van der Waals surface area (Å²) in [7, 11) is 0.